The van der Waals surface area contributed by atoms with E-state index >= 15 is 0 Å². The Hall–Kier alpha value is -1.65. The van der Waals surface area contributed by atoms with Gasteiger partial charge >= 0.3 is 0 Å². The number of nitrogens with zero attached hydrogens (tertiary/aromatic N) is 1. The second kappa shape index (κ2) is 8.60. The van der Waals surface area contributed by atoms with Crippen LogP contribution in [0, 0.1) is 11.8 Å². The molecule has 118 valence electrons. The van der Waals surface area contributed by atoms with E-state index in [1.54, 1.807) is 0 Å². The molecule has 0 bridgehead atoms. The van der Waals surface area contributed by atoms with Gasteiger partial charge in [-0.1, -0.05) is 20.4 Å². The summed E-state index contributed by atoms with van der Waals surface area (Å²) in [5, 5.41) is 2.29. The minimum atomic E-state index is -0.581. The van der Waals surface area contributed by atoms with Gasteiger partial charge in [0.15, 0.2) is 0 Å². The van der Waals surface area contributed by atoms with Gasteiger partial charge in [0.05, 0.1) is 0 Å². The van der Waals surface area contributed by atoms with Crippen LogP contribution in [0.25, 0.3) is 0 Å². The van der Waals surface area contributed by atoms with Gasteiger partial charge < -0.3 is 10.2 Å². The number of likely N-dealkylation sites (tertiary alicyclic amines) is 1. The number of hydrogen-bond donors (Lipinski definition) is 1. The van der Waals surface area contributed by atoms with Crippen molar-refractivity contribution in [2.75, 3.05) is 13.1 Å². The Kier molecular flexibility index (Phi) is 7.12. The molecular weight excluding hydrogens is 268 g/mol. The Morgan fingerprint density at radius 3 is 2.43 bits per heavy atom. The van der Waals surface area contributed by atoms with Crippen molar-refractivity contribution in [2.45, 2.75) is 46.0 Å². The molecule has 1 N–H and O–H groups in total. The van der Waals surface area contributed by atoms with E-state index in [9.17, 15) is 14.4 Å². The first-order valence-corrected chi connectivity index (χ1v) is 7.69. The van der Waals surface area contributed by atoms with Crippen molar-refractivity contribution in [1.82, 2.24) is 10.2 Å². The standard InChI is InChI=1S/C16H26N2O3/c1-4-17-15(20)14(19)7-5-6-13-8-10-18(11-9-13)16(21)12(2)3/h4,12-13H,1,5-11H2,2-3H3,(H,17,20). The zero-order chi connectivity index (χ0) is 15.8. The summed E-state index contributed by atoms with van der Waals surface area (Å²) in [4.78, 5) is 36.5. The van der Waals surface area contributed by atoms with Crippen LogP contribution in [0.2, 0.25) is 0 Å². The summed E-state index contributed by atoms with van der Waals surface area (Å²) in [5.41, 5.74) is 0. The highest BCUT2D eigenvalue weighted by molar-refractivity contribution is 6.36. The molecule has 5 heteroatoms. The van der Waals surface area contributed by atoms with Crippen molar-refractivity contribution in [3.63, 3.8) is 0 Å². The van der Waals surface area contributed by atoms with E-state index in [0.717, 1.165) is 38.8 Å². The summed E-state index contributed by atoms with van der Waals surface area (Å²) >= 11 is 0. The lowest BCUT2D eigenvalue weighted by Gasteiger charge is -2.33. The zero-order valence-electron chi connectivity index (χ0n) is 13.1. The fourth-order valence-corrected chi connectivity index (χ4v) is 2.65. The molecule has 1 saturated heterocycles. The van der Waals surface area contributed by atoms with E-state index in [4.69, 9.17) is 0 Å². The molecule has 0 aromatic rings. The maximum absolute atomic E-state index is 11.9. The molecule has 0 spiro atoms. The lowest BCUT2D eigenvalue weighted by molar-refractivity contribution is -0.137. The number of Topliss-reactive ketones (excluding diaryl/α,β-unsaturated/α-hetero) is 1. The Balaban J connectivity index is 2.22. The third kappa shape index (κ3) is 5.69. The molecular formula is C16H26N2O3. The average molecular weight is 294 g/mol. The van der Waals surface area contributed by atoms with Crippen LogP contribution >= 0.6 is 0 Å². The highest BCUT2D eigenvalue weighted by Crippen LogP contribution is 2.23. The van der Waals surface area contributed by atoms with E-state index in [0.29, 0.717) is 5.92 Å². The van der Waals surface area contributed by atoms with E-state index in [1.807, 2.05) is 18.7 Å². The molecule has 1 heterocycles. The number of carbonyl (C=O) groups excluding carboxylic acids is 3. The quantitative estimate of drug-likeness (QED) is 0.729. The number of piperidine rings is 1. The van der Waals surface area contributed by atoms with Crippen LogP contribution in [0.15, 0.2) is 12.8 Å². The molecule has 2 amide bonds. The van der Waals surface area contributed by atoms with E-state index in [-0.39, 0.29) is 24.0 Å². The van der Waals surface area contributed by atoms with Crippen LogP contribution in [0.5, 0.6) is 0 Å². The smallest absolute Gasteiger partial charge is 0.291 e. The fourth-order valence-electron chi connectivity index (χ4n) is 2.65. The SMILES string of the molecule is C=CNC(=O)C(=O)CCCC1CCN(C(=O)C(C)C)CC1. The van der Waals surface area contributed by atoms with Gasteiger partial charge in [0.2, 0.25) is 11.7 Å². The van der Waals surface area contributed by atoms with Crippen molar-refractivity contribution in [2.24, 2.45) is 11.8 Å². The number of nitrogens with one attached hydrogen (secondary N) is 1. The third-order valence-corrected chi connectivity index (χ3v) is 3.92. The van der Waals surface area contributed by atoms with Crippen molar-refractivity contribution in [3.8, 4) is 0 Å². The molecule has 0 radical (unpaired) electrons. The maximum Gasteiger partial charge on any atom is 0.291 e. The minimum Gasteiger partial charge on any atom is -0.342 e. The highest BCUT2D eigenvalue weighted by Gasteiger charge is 2.24. The van der Waals surface area contributed by atoms with Gasteiger partial charge in [0.1, 0.15) is 0 Å². The van der Waals surface area contributed by atoms with E-state index < -0.39 is 5.91 Å². The second-order valence-electron chi connectivity index (χ2n) is 5.92. The van der Waals surface area contributed by atoms with Gasteiger partial charge in [-0.25, -0.2) is 0 Å². The van der Waals surface area contributed by atoms with E-state index in [1.165, 1.54) is 6.20 Å². The predicted molar refractivity (Wildman–Crippen MR) is 81.3 cm³/mol. The monoisotopic (exact) mass is 294 g/mol. The molecule has 0 saturated carbocycles. The maximum atomic E-state index is 11.9. The van der Waals surface area contributed by atoms with Gasteiger partial charge in [0.25, 0.3) is 5.91 Å². The topological polar surface area (TPSA) is 66.5 Å². The molecule has 1 rings (SSSR count). The summed E-state index contributed by atoms with van der Waals surface area (Å²) in [5.74, 6) is -0.131. The molecule has 1 fully saturated rings. The Morgan fingerprint density at radius 2 is 1.90 bits per heavy atom. The molecule has 21 heavy (non-hydrogen) atoms. The zero-order valence-corrected chi connectivity index (χ0v) is 13.1. The Bertz CT molecular complexity index is 396. The minimum absolute atomic E-state index is 0.0579. The molecule has 1 aliphatic rings. The molecule has 0 aromatic heterocycles. The van der Waals surface area contributed by atoms with Crippen molar-refractivity contribution in [1.29, 1.82) is 0 Å². The molecule has 0 aliphatic carbocycles. The summed E-state index contributed by atoms with van der Waals surface area (Å²) in [7, 11) is 0. The van der Waals surface area contributed by atoms with Crippen LogP contribution in [-0.4, -0.2) is 35.6 Å². The average Bonchev–Trinajstić information content (AvgIpc) is 2.47. The molecule has 0 aromatic carbocycles. The second-order valence-corrected chi connectivity index (χ2v) is 5.92. The van der Waals surface area contributed by atoms with Gasteiger partial charge in [-0.3, -0.25) is 14.4 Å². The first-order chi connectivity index (χ1) is 9.95. The third-order valence-electron chi connectivity index (χ3n) is 3.92. The largest absolute Gasteiger partial charge is 0.342 e. The first kappa shape index (κ1) is 17.4. The highest BCUT2D eigenvalue weighted by atomic mass is 16.2. The van der Waals surface area contributed by atoms with Crippen LogP contribution in [-0.2, 0) is 14.4 Å². The predicted octanol–water partition coefficient (Wildman–Crippen LogP) is 1.88. The Morgan fingerprint density at radius 1 is 1.29 bits per heavy atom. The lowest BCUT2D eigenvalue weighted by atomic mass is 9.90. The van der Waals surface area contributed by atoms with Crippen LogP contribution in [0.4, 0.5) is 0 Å². The Labute approximate surface area is 126 Å². The van der Waals surface area contributed by atoms with Crippen LogP contribution in [0.3, 0.4) is 0 Å². The lowest BCUT2D eigenvalue weighted by Crippen LogP contribution is -2.40. The van der Waals surface area contributed by atoms with Crippen molar-refractivity contribution in [3.05, 3.63) is 12.8 Å². The van der Waals surface area contributed by atoms with Gasteiger partial charge in [-0.15, -0.1) is 0 Å². The van der Waals surface area contributed by atoms with Crippen molar-refractivity contribution < 1.29 is 14.4 Å². The van der Waals surface area contributed by atoms with Gasteiger partial charge in [-0.05, 0) is 37.8 Å². The molecule has 0 unspecified atom stereocenters. The number of ketones is 1. The van der Waals surface area contributed by atoms with Gasteiger partial charge in [-0.2, -0.15) is 0 Å². The fraction of sp³-hybridized carbons (Fsp3) is 0.688. The number of amides is 2. The molecule has 5 nitrogen and oxygen atoms in total. The van der Waals surface area contributed by atoms with E-state index in [2.05, 4.69) is 11.9 Å². The number of hydrogen-bond acceptors (Lipinski definition) is 3. The summed E-state index contributed by atoms with van der Waals surface area (Å²) in [6.45, 7) is 8.83. The molecule has 1 aliphatic heterocycles. The van der Waals surface area contributed by atoms with Crippen LogP contribution < -0.4 is 5.32 Å². The summed E-state index contributed by atoms with van der Waals surface area (Å²) in [6, 6.07) is 0. The number of rotatable bonds is 7. The van der Waals surface area contributed by atoms with Crippen molar-refractivity contribution >= 4 is 17.6 Å². The number of carbonyl (C=O) groups is 3. The van der Waals surface area contributed by atoms with Crippen LogP contribution in [0.1, 0.15) is 46.0 Å². The summed E-state index contributed by atoms with van der Waals surface area (Å²) in [6.07, 6.45) is 5.16. The first-order valence-electron chi connectivity index (χ1n) is 7.69. The normalized spacial score (nSPS) is 15.9. The van der Waals surface area contributed by atoms with Gasteiger partial charge in [0, 0.05) is 25.4 Å². The molecule has 0 atom stereocenters. The summed E-state index contributed by atoms with van der Waals surface area (Å²) < 4.78 is 0.